The molecule has 1 aliphatic rings. The minimum atomic E-state index is 0.225. The van der Waals surface area contributed by atoms with Crippen molar-refractivity contribution in [2.24, 2.45) is 0 Å². The highest BCUT2D eigenvalue weighted by molar-refractivity contribution is 7.10. The molecule has 0 bridgehead atoms. The Morgan fingerprint density at radius 3 is 3.14 bits per heavy atom. The number of carbonyl (C=O) groups is 1. The van der Waals surface area contributed by atoms with Crippen LogP contribution in [0.4, 0.5) is 0 Å². The molecule has 2 aromatic heterocycles. The maximum atomic E-state index is 12.4. The van der Waals surface area contributed by atoms with Gasteiger partial charge in [0.05, 0.1) is 17.8 Å². The minimum Gasteiger partial charge on any atom is -0.342 e. The monoisotopic (exact) mass is 301 g/mol. The zero-order valence-corrected chi connectivity index (χ0v) is 13.0. The molecule has 0 aromatic carbocycles. The van der Waals surface area contributed by atoms with Crippen molar-refractivity contribution in [3.8, 4) is 0 Å². The highest BCUT2D eigenvalue weighted by Gasteiger charge is 2.25. The Bertz CT molecular complexity index is 612. The molecule has 0 spiro atoms. The van der Waals surface area contributed by atoms with Crippen LogP contribution in [0.5, 0.6) is 0 Å². The van der Waals surface area contributed by atoms with Crippen molar-refractivity contribution in [3.63, 3.8) is 0 Å². The van der Waals surface area contributed by atoms with E-state index in [1.54, 1.807) is 17.5 Å². The van der Waals surface area contributed by atoms with Gasteiger partial charge >= 0.3 is 0 Å². The number of rotatable bonds is 3. The third kappa shape index (κ3) is 3.47. The van der Waals surface area contributed by atoms with Crippen molar-refractivity contribution >= 4 is 17.2 Å². The predicted octanol–water partition coefficient (Wildman–Crippen LogP) is 2.80. The first kappa shape index (κ1) is 14.2. The van der Waals surface area contributed by atoms with Gasteiger partial charge in [0.2, 0.25) is 5.91 Å². The summed E-state index contributed by atoms with van der Waals surface area (Å²) in [6, 6.07) is 4.02. The van der Waals surface area contributed by atoms with Gasteiger partial charge in [0, 0.05) is 36.3 Å². The number of hydrogen-bond donors (Lipinski definition) is 0. The van der Waals surface area contributed by atoms with E-state index in [0.717, 1.165) is 42.2 Å². The predicted molar refractivity (Wildman–Crippen MR) is 83.3 cm³/mol. The molecule has 0 unspecified atom stereocenters. The number of piperidine rings is 1. The van der Waals surface area contributed by atoms with Crippen molar-refractivity contribution in [1.29, 1.82) is 0 Å². The maximum absolute atomic E-state index is 12.4. The Balaban J connectivity index is 1.66. The van der Waals surface area contributed by atoms with E-state index in [9.17, 15) is 4.79 Å². The Hall–Kier alpha value is -1.75. The Morgan fingerprint density at radius 2 is 2.38 bits per heavy atom. The zero-order valence-electron chi connectivity index (χ0n) is 12.2. The van der Waals surface area contributed by atoms with Crippen LogP contribution in [0.1, 0.15) is 35.0 Å². The Kier molecular flexibility index (Phi) is 4.29. The van der Waals surface area contributed by atoms with Crippen LogP contribution in [0.2, 0.25) is 0 Å². The highest BCUT2D eigenvalue weighted by atomic mass is 32.1. The number of hydrogen-bond acceptors (Lipinski definition) is 4. The molecule has 0 radical (unpaired) electrons. The quantitative estimate of drug-likeness (QED) is 0.876. The smallest absolute Gasteiger partial charge is 0.227 e. The molecule has 110 valence electrons. The van der Waals surface area contributed by atoms with Gasteiger partial charge in [0.25, 0.3) is 0 Å². The molecule has 3 rings (SSSR count). The van der Waals surface area contributed by atoms with Crippen molar-refractivity contribution in [3.05, 3.63) is 46.2 Å². The van der Waals surface area contributed by atoms with Crippen molar-refractivity contribution in [1.82, 2.24) is 14.9 Å². The first-order chi connectivity index (χ1) is 10.2. The van der Waals surface area contributed by atoms with E-state index in [2.05, 4.69) is 9.97 Å². The fraction of sp³-hybridized carbons (Fsp3) is 0.438. The molecular weight excluding hydrogens is 282 g/mol. The standard InChI is InChI=1S/C16H19N3OS/c1-12-9-17-10-15(18-12)13-4-2-6-19(11-13)16(20)8-14-5-3-7-21-14/h3,5,7,9-10,13H,2,4,6,8,11H2,1H3/t13-/m1/s1. The van der Waals surface area contributed by atoms with Crippen LogP contribution in [-0.4, -0.2) is 33.9 Å². The third-order valence-electron chi connectivity index (χ3n) is 3.87. The Labute approximate surface area is 128 Å². The first-order valence-corrected chi connectivity index (χ1v) is 8.19. The van der Waals surface area contributed by atoms with E-state index in [1.165, 1.54) is 0 Å². The summed E-state index contributed by atoms with van der Waals surface area (Å²) in [6.45, 7) is 3.58. The summed E-state index contributed by atoms with van der Waals surface area (Å²) in [5.74, 6) is 0.543. The number of aromatic nitrogens is 2. The summed E-state index contributed by atoms with van der Waals surface area (Å²) in [6.07, 6.45) is 6.25. The third-order valence-corrected chi connectivity index (χ3v) is 4.75. The minimum absolute atomic E-state index is 0.225. The second kappa shape index (κ2) is 6.35. The number of aryl methyl sites for hydroxylation is 1. The zero-order chi connectivity index (χ0) is 14.7. The molecule has 2 aromatic rings. The number of likely N-dealkylation sites (tertiary alicyclic amines) is 1. The normalized spacial score (nSPS) is 18.7. The molecule has 1 saturated heterocycles. The topological polar surface area (TPSA) is 46.1 Å². The van der Waals surface area contributed by atoms with Gasteiger partial charge in [-0.3, -0.25) is 14.8 Å². The lowest BCUT2D eigenvalue weighted by Crippen LogP contribution is -2.40. The molecule has 5 heteroatoms. The van der Waals surface area contributed by atoms with Gasteiger partial charge in [-0.25, -0.2) is 0 Å². The highest BCUT2D eigenvalue weighted by Crippen LogP contribution is 2.26. The van der Waals surface area contributed by atoms with E-state index < -0.39 is 0 Å². The van der Waals surface area contributed by atoms with E-state index >= 15 is 0 Å². The van der Waals surface area contributed by atoms with Crippen LogP contribution in [0.15, 0.2) is 29.9 Å². The average Bonchev–Trinajstić information content (AvgIpc) is 3.00. The molecule has 1 amide bonds. The second-order valence-corrected chi connectivity index (χ2v) is 6.55. The van der Waals surface area contributed by atoms with Gasteiger partial charge in [-0.15, -0.1) is 11.3 Å². The summed E-state index contributed by atoms with van der Waals surface area (Å²) < 4.78 is 0. The van der Waals surface area contributed by atoms with Crippen LogP contribution in [0.25, 0.3) is 0 Å². The van der Waals surface area contributed by atoms with Crippen molar-refractivity contribution < 1.29 is 4.79 Å². The summed E-state index contributed by atoms with van der Waals surface area (Å²) in [7, 11) is 0. The summed E-state index contributed by atoms with van der Waals surface area (Å²) >= 11 is 1.64. The van der Waals surface area contributed by atoms with Crippen LogP contribution < -0.4 is 0 Å². The Morgan fingerprint density at radius 1 is 1.48 bits per heavy atom. The summed E-state index contributed by atoms with van der Waals surface area (Å²) in [5.41, 5.74) is 1.96. The fourth-order valence-electron chi connectivity index (χ4n) is 2.80. The lowest BCUT2D eigenvalue weighted by Gasteiger charge is -2.32. The molecule has 3 heterocycles. The van der Waals surface area contributed by atoms with E-state index in [1.807, 2.05) is 35.5 Å². The van der Waals surface area contributed by atoms with Crippen LogP contribution in [0, 0.1) is 6.92 Å². The van der Waals surface area contributed by atoms with Gasteiger partial charge in [0.15, 0.2) is 0 Å². The number of nitrogens with zero attached hydrogens (tertiary/aromatic N) is 3. The summed E-state index contributed by atoms with van der Waals surface area (Å²) in [4.78, 5) is 24.3. The molecule has 1 aliphatic heterocycles. The molecule has 1 atom stereocenters. The molecule has 21 heavy (non-hydrogen) atoms. The molecule has 4 nitrogen and oxygen atoms in total. The average molecular weight is 301 g/mol. The van der Waals surface area contributed by atoms with Crippen molar-refractivity contribution in [2.45, 2.75) is 32.1 Å². The first-order valence-electron chi connectivity index (χ1n) is 7.31. The lowest BCUT2D eigenvalue weighted by molar-refractivity contribution is -0.131. The van der Waals surface area contributed by atoms with Crippen LogP contribution in [-0.2, 0) is 11.2 Å². The van der Waals surface area contributed by atoms with Gasteiger partial charge < -0.3 is 4.90 Å². The van der Waals surface area contributed by atoms with Gasteiger partial charge in [0.1, 0.15) is 0 Å². The van der Waals surface area contributed by atoms with Crippen LogP contribution >= 0.6 is 11.3 Å². The maximum Gasteiger partial charge on any atom is 0.227 e. The number of carbonyl (C=O) groups excluding carboxylic acids is 1. The summed E-state index contributed by atoms with van der Waals surface area (Å²) in [5, 5.41) is 2.02. The van der Waals surface area contributed by atoms with E-state index in [0.29, 0.717) is 12.3 Å². The molecule has 0 aliphatic carbocycles. The molecular formula is C16H19N3OS. The van der Waals surface area contributed by atoms with Crippen molar-refractivity contribution in [2.75, 3.05) is 13.1 Å². The lowest BCUT2D eigenvalue weighted by atomic mass is 9.94. The van der Waals surface area contributed by atoms with Crippen LogP contribution in [0.3, 0.4) is 0 Å². The number of amides is 1. The molecule has 1 fully saturated rings. The second-order valence-electron chi connectivity index (χ2n) is 5.52. The molecule has 0 N–H and O–H groups in total. The van der Waals surface area contributed by atoms with E-state index in [-0.39, 0.29) is 5.91 Å². The SMILES string of the molecule is Cc1cncc([C@@H]2CCCN(C(=O)Cc3cccs3)C2)n1. The van der Waals surface area contributed by atoms with Gasteiger partial charge in [-0.05, 0) is 31.2 Å². The molecule has 0 saturated carbocycles. The van der Waals surface area contributed by atoms with Gasteiger partial charge in [-0.1, -0.05) is 6.07 Å². The largest absolute Gasteiger partial charge is 0.342 e. The fourth-order valence-corrected chi connectivity index (χ4v) is 3.49. The van der Waals surface area contributed by atoms with Gasteiger partial charge in [-0.2, -0.15) is 0 Å². The van der Waals surface area contributed by atoms with E-state index in [4.69, 9.17) is 0 Å². The number of thiophene rings is 1.